The van der Waals surface area contributed by atoms with Crippen molar-refractivity contribution in [1.82, 2.24) is 10.1 Å². The second-order valence-electron chi connectivity index (χ2n) is 3.70. The first-order valence-electron chi connectivity index (χ1n) is 5.15. The number of sulfonamides is 1. The third-order valence-corrected chi connectivity index (χ3v) is 3.55. The molecule has 1 aromatic carbocycles. The number of hydrogen-bond donors (Lipinski definition) is 2. The average molecular weight is 301 g/mol. The Morgan fingerprint density at radius 2 is 2.15 bits per heavy atom. The van der Waals surface area contributed by atoms with Gasteiger partial charge in [0.15, 0.2) is 5.82 Å². The summed E-state index contributed by atoms with van der Waals surface area (Å²) in [5.41, 5.74) is -0.367. The molecule has 0 fully saturated rings. The van der Waals surface area contributed by atoms with Gasteiger partial charge in [-0.15, -0.1) is 0 Å². The molecule has 0 amide bonds. The molecule has 0 aliphatic rings. The zero-order valence-corrected chi connectivity index (χ0v) is 10.8. The van der Waals surface area contributed by atoms with Crippen LogP contribution < -0.4 is 4.72 Å². The average Bonchev–Trinajstić information content (AvgIpc) is 2.73. The fourth-order valence-corrected chi connectivity index (χ4v) is 2.38. The Morgan fingerprint density at radius 1 is 1.45 bits per heavy atom. The molecular weight excluding hydrogens is 293 g/mol. The Balaban J connectivity index is 2.43. The van der Waals surface area contributed by atoms with E-state index in [4.69, 9.17) is 5.11 Å². The minimum absolute atomic E-state index is 0.183. The van der Waals surface area contributed by atoms with Crippen molar-refractivity contribution in [2.24, 2.45) is 0 Å². The van der Waals surface area contributed by atoms with E-state index in [9.17, 15) is 17.6 Å². The number of carboxylic acid groups (broad SMARTS) is 1. The Bertz CT molecular complexity index is 771. The summed E-state index contributed by atoms with van der Waals surface area (Å²) in [7, 11) is -4.37. The van der Waals surface area contributed by atoms with E-state index in [1.165, 1.54) is 6.92 Å². The molecule has 0 unspecified atom stereocenters. The zero-order chi connectivity index (χ0) is 14.9. The molecular formula is C10H8FN3O5S. The summed E-state index contributed by atoms with van der Waals surface area (Å²) >= 11 is 0. The lowest BCUT2D eigenvalue weighted by atomic mass is 10.2. The number of aryl methyl sites for hydroxylation is 1. The van der Waals surface area contributed by atoms with Crippen molar-refractivity contribution in [3.05, 3.63) is 35.4 Å². The lowest BCUT2D eigenvalue weighted by molar-refractivity contribution is 0.0696. The fraction of sp³-hybridized carbons (Fsp3) is 0.100. The number of nitrogens with one attached hydrogen (secondary N) is 1. The van der Waals surface area contributed by atoms with Gasteiger partial charge in [-0.25, -0.2) is 22.3 Å². The van der Waals surface area contributed by atoms with Gasteiger partial charge in [0.05, 0.1) is 5.56 Å². The summed E-state index contributed by atoms with van der Waals surface area (Å²) in [4.78, 5) is 13.6. The molecule has 20 heavy (non-hydrogen) atoms. The van der Waals surface area contributed by atoms with Crippen LogP contribution in [-0.4, -0.2) is 29.6 Å². The number of hydrogen-bond acceptors (Lipinski definition) is 6. The second-order valence-corrected chi connectivity index (χ2v) is 5.35. The zero-order valence-electron chi connectivity index (χ0n) is 9.99. The van der Waals surface area contributed by atoms with Crippen molar-refractivity contribution in [3.8, 4) is 0 Å². The summed E-state index contributed by atoms with van der Waals surface area (Å²) < 4.78 is 43.8. The SMILES string of the molecule is Cc1noc(NS(=O)(=O)c2cc(C(=O)O)ccc2F)n1. The number of nitrogens with zero attached hydrogens (tertiary/aromatic N) is 2. The minimum atomic E-state index is -4.37. The highest BCUT2D eigenvalue weighted by atomic mass is 32.2. The van der Waals surface area contributed by atoms with E-state index in [-0.39, 0.29) is 11.4 Å². The summed E-state index contributed by atoms with van der Waals surface area (Å²) in [6, 6.07) is 1.95. The fourth-order valence-electron chi connectivity index (χ4n) is 1.35. The van der Waals surface area contributed by atoms with Gasteiger partial charge >= 0.3 is 12.0 Å². The van der Waals surface area contributed by atoms with Gasteiger partial charge in [0.25, 0.3) is 10.0 Å². The van der Waals surface area contributed by atoms with Crippen LogP contribution in [-0.2, 0) is 10.0 Å². The van der Waals surface area contributed by atoms with E-state index in [0.29, 0.717) is 6.07 Å². The molecule has 106 valence electrons. The summed E-state index contributed by atoms with van der Waals surface area (Å²) in [5, 5.41) is 12.1. The van der Waals surface area contributed by atoms with Gasteiger partial charge in [0.2, 0.25) is 0 Å². The lowest BCUT2D eigenvalue weighted by Crippen LogP contribution is -2.15. The van der Waals surface area contributed by atoms with E-state index >= 15 is 0 Å². The molecule has 10 heteroatoms. The van der Waals surface area contributed by atoms with Crippen LogP contribution >= 0.6 is 0 Å². The first-order chi connectivity index (χ1) is 9.29. The number of rotatable bonds is 4. The Kier molecular flexibility index (Phi) is 3.40. The van der Waals surface area contributed by atoms with Gasteiger partial charge in [-0.2, -0.15) is 4.98 Å². The smallest absolute Gasteiger partial charge is 0.335 e. The van der Waals surface area contributed by atoms with E-state index in [1.54, 1.807) is 0 Å². The predicted octanol–water partition coefficient (Wildman–Crippen LogP) is 1.02. The van der Waals surface area contributed by atoms with Crippen molar-refractivity contribution >= 4 is 22.0 Å². The number of anilines is 1. The largest absolute Gasteiger partial charge is 0.478 e. The van der Waals surface area contributed by atoms with Gasteiger partial charge in [-0.1, -0.05) is 5.16 Å². The summed E-state index contributed by atoms with van der Waals surface area (Å²) in [6.45, 7) is 1.47. The number of benzene rings is 1. The van der Waals surface area contributed by atoms with Crippen molar-refractivity contribution < 1.29 is 27.2 Å². The van der Waals surface area contributed by atoms with E-state index in [0.717, 1.165) is 12.1 Å². The first kappa shape index (κ1) is 13.9. The quantitative estimate of drug-likeness (QED) is 0.864. The van der Waals surface area contributed by atoms with Crippen LogP contribution in [0.1, 0.15) is 16.2 Å². The number of carboxylic acids is 1. The molecule has 2 rings (SSSR count). The van der Waals surface area contributed by atoms with Crippen molar-refractivity contribution in [2.75, 3.05) is 4.72 Å². The molecule has 1 heterocycles. The predicted molar refractivity (Wildman–Crippen MR) is 63.2 cm³/mol. The van der Waals surface area contributed by atoms with E-state index < -0.39 is 32.7 Å². The first-order valence-corrected chi connectivity index (χ1v) is 6.64. The molecule has 0 radical (unpaired) electrons. The molecule has 0 saturated heterocycles. The Hall–Kier alpha value is -2.49. The Morgan fingerprint density at radius 3 is 2.70 bits per heavy atom. The number of aromatic nitrogens is 2. The molecule has 0 bridgehead atoms. The van der Waals surface area contributed by atoms with Crippen LogP contribution in [0.5, 0.6) is 0 Å². The van der Waals surface area contributed by atoms with Crippen molar-refractivity contribution in [2.45, 2.75) is 11.8 Å². The van der Waals surface area contributed by atoms with Crippen LogP contribution in [0.3, 0.4) is 0 Å². The highest BCUT2D eigenvalue weighted by Crippen LogP contribution is 2.19. The molecule has 0 spiro atoms. The van der Waals surface area contributed by atoms with E-state index in [1.807, 2.05) is 4.72 Å². The van der Waals surface area contributed by atoms with Gasteiger partial charge < -0.3 is 9.63 Å². The third kappa shape index (κ3) is 2.74. The molecule has 8 nitrogen and oxygen atoms in total. The standard InChI is InChI=1S/C10H8FN3O5S/c1-5-12-10(19-13-5)14-20(17,18)8-4-6(9(15)16)2-3-7(8)11/h2-4H,1H3,(H,15,16)(H,12,13,14). The molecule has 0 saturated carbocycles. The van der Waals surface area contributed by atoms with Crippen LogP contribution in [0.4, 0.5) is 10.4 Å². The van der Waals surface area contributed by atoms with Gasteiger partial charge in [-0.05, 0) is 25.1 Å². The number of halogens is 1. The van der Waals surface area contributed by atoms with Gasteiger partial charge in [0, 0.05) is 0 Å². The molecule has 0 atom stereocenters. The van der Waals surface area contributed by atoms with Gasteiger partial charge in [0.1, 0.15) is 10.7 Å². The highest BCUT2D eigenvalue weighted by Gasteiger charge is 2.23. The van der Waals surface area contributed by atoms with E-state index in [2.05, 4.69) is 14.7 Å². The van der Waals surface area contributed by atoms with Crippen molar-refractivity contribution in [1.29, 1.82) is 0 Å². The third-order valence-electron chi connectivity index (χ3n) is 2.22. The summed E-state index contributed by atoms with van der Waals surface area (Å²) in [6.07, 6.45) is 0. The maximum absolute atomic E-state index is 13.6. The van der Waals surface area contributed by atoms with Crippen LogP contribution in [0, 0.1) is 12.7 Å². The number of carbonyl (C=O) groups is 1. The van der Waals surface area contributed by atoms with Crippen LogP contribution in [0.15, 0.2) is 27.6 Å². The van der Waals surface area contributed by atoms with Crippen LogP contribution in [0.2, 0.25) is 0 Å². The maximum atomic E-state index is 13.6. The topological polar surface area (TPSA) is 122 Å². The number of aromatic carboxylic acids is 1. The van der Waals surface area contributed by atoms with Crippen molar-refractivity contribution in [3.63, 3.8) is 0 Å². The molecule has 2 aromatic rings. The molecule has 0 aliphatic heterocycles. The molecule has 2 N–H and O–H groups in total. The van der Waals surface area contributed by atoms with Crippen LogP contribution in [0.25, 0.3) is 0 Å². The minimum Gasteiger partial charge on any atom is -0.478 e. The van der Waals surface area contributed by atoms with Gasteiger partial charge in [-0.3, -0.25) is 0 Å². The normalized spacial score (nSPS) is 11.3. The Labute approximate surface area is 112 Å². The summed E-state index contributed by atoms with van der Waals surface area (Å²) in [5.74, 6) is -2.30. The highest BCUT2D eigenvalue weighted by molar-refractivity contribution is 7.92. The molecule has 0 aliphatic carbocycles. The lowest BCUT2D eigenvalue weighted by Gasteiger charge is -2.06. The monoisotopic (exact) mass is 301 g/mol. The maximum Gasteiger partial charge on any atom is 0.335 e. The molecule has 1 aromatic heterocycles. The second kappa shape index (κ2) is 4.89.